The summed E-state index contributed by atoms with van der Waals surface area (Å²) in [6.45, 7) is 2.46. The molecule has 0 aromatic carbocycles. The molecule has 2 aromatic heterocycles. The lowest BCUT2D eigenvalue weighted by Gasteiger charge is -2.05. The molecule has 0 atom stereocenters. The number of nitrogens with one attached hydrogen (secondary N) is 1. The number of hydrogen-bond acceptors (Lipinski definition) is 5. The number of nitrogens with zero attached hydrogens (tertiary/aromatic N) is 2. The van der Waals surface area contributed by atoms with Crippen LogP contribution in [-0.2, 0) is 6.54 Å². The smallest absolute Gasteiger partial charge is 0.339 e. The van der Waals surface area contributed by atoms with Gasteiger partial charge in [0.15, 0.2) is 0 Å². The number of aromatic carboxylic acids is 1. The average molecular weight is 249 g/mol. The molecule has 0 aliphatic heterocycles. The molecule has 0 spiro atoms. The van der Waals surface area contributed by atoms with Crippen molar-refractivity contribution in [2.24, 2.45) is 0 Å². The molecule has 2 heterocycles. The number of carboxylic acid groups (broad SMARTS) is 1. The molecule has 0 fully saturated rings. The second kappa shape index (κ2) is 4.92. The number of hydrogen-bond donors (Lipinski definition) is 2. The van der Waals surface area contributed by atoms with Crippen molar-refractivity contribution in [1.29, 1.82) is 0 Å². The van der Waals surface area contributed by atoms with Crippen molar-refractivity contribution in [3.63, 3.8) is 0 Å². The summed E-state index contributed by atoms with van der Waals surface area (Å²) in [5.41, 5.74) is 0.167. The van der Waals surface area contributed by atoms with Crippen LogP contribution in [0.1, 0.15) is 20.2 Å². The molecule has 0 saturated carbocycles. The topological polar surface area (TPSA) is 75.1 Å². The van der Waals surface area contributed by atoms with Crippen LogP contribution < -0.4 is 5.32 Å². The maximum atomic E-state index is 10.9. The van der Waals surface area contributed by atoms with Crippen LogP contribution in [0.4, 0.5) is 5.82 Å². The molecule has 0 aliphatic rings. The largest absolute Gasteiger partial charge is 0.478 e. The van der Waals surface area contributed by atoms with Crippen molar-refractivity contribution < 1.29 is 9.90 Å². The van der Waals surface area contributed by atoms with E-state index in [1.807, 2.05) is 6.92 Å². The Hall–Kier alpha value is -1.95. The first-order valence-electron chi connectivity index (χ1n) is 5.00. The van der Waals surface area contributed by atoms with E-state index in [2.05, 4.69) is 15.3 Å². The highest BCUT2D eigenvalue weighted by atomic mass is 32.1. The Morgan fingerprint density at radius 3 is 3.00 bits per heavy atom. The molecule has 0 saturated heterocycles. The van der Waals surface area contributed by atoms with Gasteiger partial charge in [-0.15, -0.1) is 11.3 Å². The van der Waals surface area contributed by atoms with E-state index in [4.69, 9.17) is 5.11 Å². The van der Waals surface area contributed by atoms with Crippen LogP contribution in [0.2, 0.25) is 0 Å². The average Bonchev–Trinajstić information content (AvgIpc) is 2.73. The van der Waals surface area contributed by atoms with Gasteiger partial charge in [-0.1, -0.05) is 0 Å². The van der Waals surface area contributed by atoms with Crippen molar-refractivity contribution in [3.8, 4) is 0 Å². The zero-order valence-corrected chi connectivity index (χ0v) is 9.99. The minimum absolute atomic E-state index is 0.167. The Morgan fingerprint density at radius 1 is 1.53 bits per heavy atom. The summed E-state index contributed by atoms with van der Waals surface area (Å²) in [4.78, 5) is 20.3. The second-order valence-corrected chi connectivity index (χ2v) is 4.74. The zero-order chi connectivity index (χ0) is 12.3. The summed E-state index contributed by atoms with van der Waals surface area (Å²) in [5, 5.41) is 12.9. The van der Waals surface area contributed by atoms with E-state index in [0.717, 1.165) is 9.88 Å². The molecule has 88 valence electrons. The van der Waals surface area contributed by atoms with Gasteiger partial charge in [0.2, 0.25) is 0 Å². The first-order valence-corrected chi connectivity index (χ1v) is 5.82. The molecule has 0 radical (unpaired) electrons. The minimum atomic E-state index is -0.990. The van der Waals surface area contributed by atoms with Gasteiger partial charge in [0, 0.05) is 17.3 Å². The molecule has 2 aromatic rings. The van der Waals surface area contributed by atoms with Crippen molar-refractivity contribution >= 4 is 23.1 Å². The summed E-state index contributed by atoms with van der Waals surface area (Å²) in [7, 11) is 0. The normalized spacial score (nSPS) is 10.2. The number of thiazole rings is 1. The predicted octanol–water partition coefficient (Wildman–Crippen LogP) is 2.16. The monoisotopic (exact) mass is 249 g/mol. The summed E-state index contributed by atoms with van der Waals surface area (Å²) in [5.74, 6) is -0.622. The molecule has 6 heteroatoms. The van der Waals surface area contributed by atoms with E-state index < -0.39 is 5.97 Å². The first-order chi connectivity index (χ1) is 8.16. The standard InChI is InChI=1S/C11H11N3O2S/c1-7-5-13-9(17-7)6-14-10-8(11(15)16)3-2-4-12-10/h2-5H,6H2,1H3,(H,12,14)(H,15,16). The maximum Gasteiger partial charge on any atom is 0.339 e. The Balaban J connectivity index is 2.11. The molecular formula is C11H11N3O2S. The van der Waals surface area contributed by atoms with Gasteiger partial charge in [-0.05, 0) is 19.1 Å². The zero-order valence-electron chi connectivity index (χ0n) is 9.17. The molecule has 5 nitrogen and oxygen atoms in total. The summed E-state index contributed by atoms with van der Waals surface area (Å²) in [6.07, 6.45) is 3.35. The van der Waals surface area contributed by atoms with Crippen molar-refractivity contribution in [1.82, 2.24) is 9.97 Å². The molecule has 2 N–H and O–H groups in total. The third-order valence-corrected chi connectivity index (χ3v) is 3.03. The van der Waals surface area contributed by atoms with Crippen LogP contribution in [0.5, 0.6) is 0 Å². The number of carbonyl (C=O) groups is 1. The fraction of sp³-hybridized carbons (Fsp3) is 0.182. The van der Waals surface area contributed by atoms with E-state index in [1.54, 1.807) is 29.8 Å². The molecular weight excluding hydrogens is 238 g/mol. The van der Waals surface area contributed by atoms with Crippen LogP contribution in [0.15, 0.2) is 24.5 Å². The van der Waals surface area contributed by atoms with Crippen molar-refractivity contribution in [2.75, 3.05) is 5.32 Å². The number of aryl methyl sites for hydroxylation is 1. The maximum absolute atomic E-state index is 10.9. The molecule has 0 unspecified atom stereocenters. The minimum Gasteiger partial charge on any atom is -0.478 e. The number of carboxylic acids is 1. The van der Waals surface area contributed by atoms with Gasteiger partial charge in [-0.25, -0.2) is 14.8 Å². The van der Waals surface area contributed by atoms with E-state index >= 15 is 0 Å². The Labute approximate surface area is 102 Å². The predicted molar refractivity (Wildman–Crippen MR) is 65.4 cm³/mol. The van der Waals surface area contributed by atoms with E-state index in [1.165, 1.54) is 6.07 Å². The van der Waals surface area contributed by atoms with Gasteiger partial charge < -0.3 is 10.4 Å². The molecule has 0 bridgehead atoms. The Bertz CT molecular complexity index is 539. The molecule has 0 amide bonds. The highest BCUT2D eigenvalue weighted by Crippen LogP contribution is 2.15. The second-order valence-electron chi connectivity index (χ2n) is 3.42. The van der Waals surface area contributed by atoms with E-state index in [9.17, 15) is 4.79 Å². The molecule has 17 heavy (non-hydrogen) atoms. The van der Waals surface area contributed by atoms with Gasteiger partial charge in [0.05, 0.1) is 6.54 Å². The third-order valence-electron chi connectivity index (χ3n) is 2.11. The summed E-state index contributed by atoms with van der Waals surface area (Å²) in [6, 6.07) is 3.12. The number of anilines is 1. The third kappa shape index (κ3) is 2.79. The Morgan fingerprint density at radius 2 is 2.35 bits per heavy atom. The van der Waals surface area contributed by atoms with E-state index in [0.29, 0.717) is 12.4 Å². The van der Waals surface area contributed by atoms with Gasteiger partial charge in [-0.3, -0.25) is 0 Å². The van der Waals surface area contributed by atoms with Crippen LogP contribution in [-0.4, -0.2) is 21.0 Å². The summed E-state index contributed by atoms with van der Waals surface area (Å²) < 4.78 is 0. The fourth-order valence-corrected chi connectivity index (χ4v) is 2.09. The van der Waals surface area contributed by atoms with Gasteiger partial charge >= 0.3 is 5.97 Å². The van der Waals surface area contributed by atoms with Gasteiger partial charge in [0.1, 0.15) is 16.4 Å². The van der Waals surface area contributed by atoms with Gasteiger partial charge in [0.25, 0.3) is 0 Å². The fourth-order valence-electron chi connectivity index (χ4n) is 1.36. The Kier molecular flexibility index (Phi) is 3.34. The van der Waals surface area contributed by atoms with Crippen molar-refractivity contribution in [2.45, 2.75) is 13.5 Å². The van der Waals surface area contributed by atoms with E-state index in [-0.39, 0.29) is 5.56 Å². The lowest BCUT2D eigenvalue weighted by atomic mass is 10.2. The lowest BCUT2D eigenvalue weighted by Crippen LogP contribution is -2.07. The van der Waals surface area contributed by atoms with Gasteiger partial charge in [-0.2, -0.15) is 0 Å². The highest BCUT2D eigenvalue weighted by molar-refractivity contribution is 7.11. The van der Waals surface area contributed by atoms with Crippen LogP contribution in [0.25, 0.3) is 0 Å². The lowest BCUT2D eigenvalue weighted by molar-refractivity contribution is 0.0697. The van der Waals surface area contributed by atoms with Crippen LogP contribution in [0.3, 0.4) is 0 Å². The summed E-state index contributed by atoms with van der Waals surface area (Å²) >= 11 is 1.57. The highest BCUT2D eigenvalue weighted by Gasteiger charge is 2.10. The van der Waals surface area contributed by atoms with Crippen LogP contribution >= 0.6 is 11.3 Å². The first kappa shape index (κ1) is 11.5. The van der Waals surface area contributed by atoms with Crippen LogP contribution in [0, 0.1) is 6.92 Å². The molecule has 0 aliphatic carbocycles. The SMILES string of the molecule is Cc1cnc(CNc2ncccc2C(=O)O)s1. The number of aromatic nitrogens is 2. The van der Waals surface area contributed by atoms with Crippen molar-refractivity contribution in [3.05, 3.63) is 40.0 Å². The number of rotatable bonds is 4. The quantitative estimate of drug-likeness (QED) is 0.868. The molecule has 2 rings (SSSR count). The number of pyridine rings is 1.